The van der Waals surface area contributed by atoms with Crippen molar-refractivity contribution in [2.24, 2.45) is 0 Å². The van der Waals surface area contributed by atoms with Crippen LogP contribution in [0.4, 0.5) is 5.69 Å². The Balaban J connectivity index is 1.35. The summed E-state index contributed by atoms with van der Waals surface area (Å²) in [6.07, 6.45) is 0. The first-order valence-electron chi connectivity index (χ1n) is 10.6. The molecule has 0 spiro atoms. The zero-order valence-corrected chi connectivity index (χ0v) is 18.2. The van der Waals surface area contributed by atoms with Crippen molar-refractivity contribution in [3.63, 3.8) is 0 Å². The fourth-order valence-corrected chi connectivity index (χ4v) is 3.49. The second kappa shape index (κ2) is 9.56. The van der Waals surface area contributed by atoms with Gasteiger partial charge < -0.3 is 20.1 Å². The zero-order valence-electron chi connectivity index (χ0n) is 18.2. The van der Waals surface area contributed by atoms with Crippen molar-refractivity contribution in [1.29, 1.82) is 0 Å². The van der Waals surface area contributed by atoms with E-state index in [0.29, 0.717) is 42.5 Å². The zero-order chi connectivity index (χ0) is 22.5. The summed E-state index contributed by atoms with van der Waals surface area (Å²) in [5.41, 5.74) is 4.15. The fraction of sp³-hybridized carbons (Fsp3) is 0.231. The lowest BCUT2D eigenvalue weighted by Gasteiger charge is -2.20. The Morgan fingerprint density at radius 1 is 0.938 bits per heavy atom. The molecule has 6 heteroatoms. The summed E-state index contributed by atoms with van der Waals surface area (Å²) in [6.45, 7) is 5.25. The van der Waals surface area contributed by atoms with Gasteiger partial charge in [0.2, 0.25) is 5.91 Å². The number of nitrogens with one attached hydrogen (secondary N) is 2. The molecule has 2 N–H and O–H groups in total. The van der Waals surface area contributed by atoms with Gasteiger partial charge in [-0.05, 0) is 61.4 Å². The quantitative estimate of drug-likeness (QED) is 0.606. The molecule has 0 radical (unpaired) electrons. The molecule has 2 amide bonds. The van der Waals surface area contributed by atoms with Crippen LogP contribution in [0.3, 0.4) is 0 Å². The Kier molecular flexibility index (Phi) is 6.40. The lowest BCUT2D eigenvalue weighted by Crippen LogP contribution is -2.27. The van der Waals surface area contributed by atoms with E-state index in [1.807, 2.05) is 68.4 Å². The van der Waals surface area contributed by atoms with E-state index >= 15 is 0 Å². The molecule has 1 heterocycles. The van der Waals surface area contributed by atoms with E-state index in [2.05, 4.69) is 10.6 Å². The molecule has 0 saturated carbocycles. The van der Waals surface area contributed by atoms with Gasteiger partial charge in [-0.1, -0.05) is 35.9 Å². The third kappa shape index (κ3) is 5.09. The first kappa shape index (κ1) is 21.4. The number of benzene rings is 3. The van der Waals surface area contributed by atoms with Gasteiger partial charge in [0.05, 0.1) is 5.92 Å². The predicted octanol–water partition coefficient (Wildman–Crippen LogP) is 4.44. The predicted molar refractivity (Wildman–Crippen MR) is 123 cm³/mol. The molecule has 4 rings (SSSR count). The minimum absolute atomic E-state index is 0.0872. The normalized spacial score (nSPS) is 13.2. The van der Waals surface area contributed by atoms with Gasteiger partial charge in [0.1, 0.15) is 13.2 Å². The van der Waals surface area contributed by atoms with Crippen LogP contribution < -0.4 is 20.1 Å². The van der Waals surface area contributed by atoms with E-state index in [9.17, 15) is 9.59 Å². The number of fused-ring (bicyclic) bond motifs is 1. The van der Waals surface area contributed by atoms with Crippen molar-refractivity contribution in [2.75, 3.05) is 18.5 Å². The topological polar surface area (TPSA) is 76.7 Å². The van der Waals surface area contributed by atoms with Crippen LogP contribution >= 0.6 is 0 Å². The van der Waals surface area contributed by atoms with Gasteiger partial charge in [0.25, 0.3) is 5.91 Å². The van der Waals surface area contributed by atoms with Crippen LogP contribution in [0.15, 0.2) is 66.7 Å². The van der Waals surface area contributed by atoms with Crippen molar-refractivity contribution in [3.8, 4) is 11.5 Å². The highest BCUT2D eigenvalue weighted by Crippen LogP contribution is 2.33. The van der Waals surface area contributed by atoms with Gasteiger partial charge in [-0.15, -0.1) is 0 Å². The summed E-state index contributed by atoms with van der Waals surface area (Å²) in [5.74, 6) is 0.784. The summed E-state index contributed by atoms with van der Waals surface area (Å²) in [7, 11) is 0. The molecule has 3 aromatic rings. The molecule has 1 aliphatic rings. The fourth-order valence-electron chi connectivity index (χ4n) is 3.49. The second-order valence-electron chi connectivity index (χ2n) is 7.86. The van der Waals surface area contributed by atoms with Crippen molar-refractivity contribution >= 4 is 17.5 Å². The lowest BCUT2D eigenvalue weighted by molar-refractivity contribution is -0.122. The smallest absolute Gasteiger partial charge is 0.255 e. The van der Waals surface area contributed by atoms with E-state index < -0.39 is 0 Å². The van der Waals surface area contributed by atoms with Gasteiger partial charge in [0, 0.05) is 17.8 Å². The van der Waals surface area contributed by atoms with Crippen LogP contribution in [0.25, 0.3) is 0 Å². The Hall–Kier alpha value is -3.80. The molecule has 0 fully saturated rings. The van der Waals surface area contributed by atoms with Crippen LogP contribution in [0.2, 0.25) is 0 Å². The molecule has 0 bridgehead atoms. The summed E-state index contributed by atoms with van der Waals surface area (Å²) in [6, 6.07) is 20.5. The lowest BCUT2D eigenvalue weighted by atomic mass is 9.99. The maximum Gasteiger partial charge on any atom is 0.255 e. The van der Waals surface area contributed by atoms with E-state index in [-0.39, 0.29) is 17.7 Å². The Morgan fingerprint density at radius 2 is 1.69 bits per heavy atom. The van der Waals surface area contributed by atoms with Crippen molar-refractivity contribution in [3.05, 3.63) is 89.0 Å². The highest BCUT2D eigenvalue weighted by Gasteiger charge is 2.19. The van der Waals surface area contributed by atoms with Gasteiger partial charge in [-0.2, -0.15) is 0 Å². The number of aryl methyl sites for hydroxylation is 1. The Morgan fingerprint density at radius 3 is 2.47 bits per heavy atom. The third-order valence-corrected chi connectivity index (χ3v) is 5.42. The molecule has 0 aliphatic carbocycles. The minimum Gasteiger partial charge on any atom is -0.486 e. The van der Waals surface area contributed by atoms with Crippen LogP contribution in [0.5, 0.6) is 11.5 Å². The SMILES string of the molecule is Cc1ccc(C(=O)Nc2cccc(CNC(=O)C(C)c3ccc4c(c3)OCCO4)c2)cc1. The van der Waals surface area contributed by atoms with Gasteiger partial charge in [-0.25, -0.2) is 0 Å². The first-order valence-corrected chi connectivity index (χ1v) is 10.6. The first-order chi connectivity index (χ1) is 15.5. The Labute approximate surface area is 187 Å². The number of hydrogen-bond acceptors (Lipinski definition) is 4. The molecule has 0 aromatic heterocycles. The maximum absolute atomic E-state index is 12.7. The molecule has 0 saturated heterocycles. The average Bonchev–Trinajstić information content (AvgIpc) is 2.82. The van der Waals surface area contributed by atoms with Gasteiger partial charge >= 0.3 is 0 Å². The number of carbonyl (C=O) groups excluding carboxylic acids is 2. The molecule has 32 heavy (non-hydrogen) atoms. The van der Waals surface area contributed by atoms with Crippen LogP contribution in [-0.4, -0.2) is 25.0 Å². The van der Waals surface area contributed by atoms with E-state index in [0.717, 1.165) is 16.7 Å². The average molecular weight is 431 g/mol. The van der Waals surface area contributed by atoms with Crippen LogP contribution in [-0.2, 0) is 11.3 Å². The third-order valence-electron chi connectivity index (χ3n) is 5.42. The van der Waals surface area contributed by atoms with Crippen LogP contribution in [0.1, 0.15) is 39.9 Å². The number of rotatable bonds is 6. The second-order valence-corrected chi connectivity index (χ2v) is 7.86. The molecule has 1 atom stereocenters. The summed E-state index contributed by atoms with van der Waals surface area (Å²) in [5, 5.41) is 5.88. The van der Waals surface area contributed by atoms with Crippen molar-refractivity contribution < 1.29 is 19.1 Å². The molecular weight excluding hydrogens is 404 g/mol. The van der Waals surface area contributed by atoms with Crippen molar-refractivity contribution in [2.45, 2.75) is 26.3 Å². The van der Waals surface area contributed by atoms with Crippen molar-refractivity contribution in [1.82, 2.24) is 5.32 Å². The number of anilines is 1. The Bertz CT molecular complexity index is 1120. The molecule has 164 valence electrons. The summed E-state index contributed by atoms with van der Waals surface area (Å²) >= 11 is 0. The number of hydrogen-bond donors (Lipinski definition) is 2. The van der Waals surface area contributed by atoms with Gasteiger partial charge in [-0.3, -0.25) is 9.59 Å². The summed E-state index contributed by atoms with van der Waals surface area (Å²) in [4.78, 5) is 25.2. The maximum atomic E-state index is 12.7. The molecular formula is C26H26N2O4. The molecule has 1 unspecified atom stereocenters. The number of carbonyl (C=O) groups is 2. The van der Waals surface area contributed by atoms with Crippen LogP contribution in [0, 0.1) is 6.92 Å². The summed E-state index contributed by atoms with van der Waals surface area (Å²) < 4.78 is 11.2. The van der Waals surface area contributed by atoms with E-state index in [1.165, 1.54) is 0 Å². The van der Waals surface area contributed by atoms with Gasteiger partial charge in [0.15, 0.2) is 11.5 Å². The highest BCUT2D eigenvalue weighted by molar-refractivity contribution is 6.04. The number of ether oxygens (including phenoxy) is 2. The standard InChI is InChI=1S/C26H26N2O4/c1-17-6-8-20(9-7-17)26(30)28-22-5-3-4-19(14-22)16-27-25(29)18(2)21-10-11-23-24(15-21)32-13-12-31-23/h3-11,14-15,18H,12-13,16H2,1-2H3,(H,27,29)(H,28,30). The largest absolute Gasteiger partial charge is 0.486 e. The molecule has 6 nitrogen and oxygen atoms in total. The highest BCUT2D eigenvalue weighted by atomic mass is 16.6. The van der Waals surface area contributed by atoms with E-state index in [4.69, 9.17) is 9.47 Å². The van der Waals surface area contributed by atoms with E-state index in [1.54, 1.807) is 12.1 Å². The monoisotopic (exact) mass is 430 g/mol. The molecule has 1 aliphatic heterocycles. The molecule has 3 aromatic carbocycles. The minimum atomic E-state index is -0.338. The number of amides is 2.